The highest BCUT2D eigenvalue weighted by atomic mass is 79.9. The molecule has 0 aromatic heterocycles. The Bertz CT molecular complexity index is 308. The van der Waals surface area contributed by atoms with E-state index >= 15 is 0 Å². The number of halogens is 1. The predicted octanol–water partition coefficient (Wildman–Crippen LogP) is 2.79. The van der Waals surface area contributed by atoms with Crippen LogP contribution in [0.1, 0.15) is 29.7 Å². The molecule has 0 aliphatic carbocycles. The molecule has 0 spiro atoms. The molecule has 13 heavy (non-hydrogen) atoms. The summed E-state index contributed by atoms with van der Waals surface area (Å²) < 4.78 is 0.711. The van der Waals surface area contributed by atoms with Crippen molar-refractivity contribution in [2.24, 2.45) is 5.73 Å². The molecule has 0 bridgehead atoms. The second kappa shape index (κ2) is 3.68. The lowest BCUT2D eigenvalue weighted by Crippen LogP contribution is -2.08. The van der Waals surface area contributed by atoms with Crippen LogP contribution in [0.5, 0.6) is 5.75 Å². The molecule has 0 fully saturated rings. The molecule has 0 saturated carbocycles. The smallest absolute Gasteiger partial charge is 0.134 e. The van der Waals surface area contributed by atoms with E-state index in [1.807, 2.05) is 26.8 Å². The fourth-order valence-corrected chi connectivity index (χ4v) is 2.00. The Morgan fingerprint density at radius 2 is 2.00 bits per heavy atom. The van der Waals surface area contributed by atoms with Gasteiger partial charge >= 0.3 is 0 Å². The highest BCUT2D eigenvalue weighted by Gasteiger charge is 2.14. The first-order chi connectivity index (χ1) is 5.95. The second-order valence-electron chi connectivity index (χ2n) is 3.35. The van der Waals surface area contributed by atoms with Gasteiger partial charge in [0.15, 0.2) is 0 Å². The molecule has 0 saturated heterocycles. The van der Waals surface area contributed by atoms with Crippen molar-refractivity contribution in [2.75, 3.05) is 0 Å². The predicted molar refractivity (Wildman–Crippen MR) is 57.9 cm³/mol. The molecule has 72 valence electrons. The maximum absolute atomic E-state index is 9.75. The number of benzene rings is 1. The maximum atomic E-state index is 9.75. The van der Waals surface area contributed by atoms with E-state index in [9.17, 15) is 5.11 Å². The zero-order valence-corrected chi connectivity index (χ0v) is 9.64. The number of hydrogen-bond acceptors (Lipinski definition) is 2. The number of phenols is 1. The fourth-order valence-electron chi connectivity index (χ4n) is 1.44. The van der Waals surface area contributed by atoms with Crippen molar-refractivity contribution >= 4 is 15.9 Å². The van der Waals surface area contributed by atoms with Gasteiger partial charge in [0.05, 0.1) is 4.47 Å². The van der Waals surface area contributed by atoms with Crippen LogP contribution < -0.4 is 5.73 Å². The average molecular weight is 244 g/mol. The van der Waals surface area contributed by atoms with Crippen LogP contribution in [0.3, 0.4) is 0 Å². The maximum Gasteiger partial charge on any atom is 0.134 e. The first-order valence-electron chi connectivity index (χ1n) is 4.19. The van der Waals surface area contributed by atoms with E-state index < -0.39 is 0 Å². The van der Waals surface area contributed by atoms with Crippen molar-refractivity contribution in [1.29, 1.82) is 0 Å². The molecule has 0 radical (unpaired) electrons. The molecule has 1 aromatic carbocycles. The van der Waals surface area contributed by atoms with E-state index in [2.05, 4.69) is 15.9 Å². The van der Waals surface area contributed by atoms with Crippen molar-refractivity contribution in [1.82, 2.24) is 0 Å². The minimum Gasteiger partial charge on any atom is -0.506 e. The summed E-state index contributed by atoms with van der Waals surface area (Å²) in [6.45, 7) is 5.85. The van der Waals surface area contributed by atoms with Gasteiger partial charge < -0.3 is 10.8 Å². The van der Waals surface area contributed by atoms with Crippen LogP contribution in [0.15, 0.2) is 10.5 Å². The Kier molecular flexibility index (Phi) is 2.98. The molecule has 1 unspecified atom stereocenters. The van der Waals surface area contributed by atoms with Gasteiger partial charge in [-0.3, -0.25) is 0 Å². The lowest BCUT2D eigenvalue weighted by molar-refractivity contribution is 0.459. The summed E-state index contributed by atoms with van der Waals surface area (Å²) >= 11 is 3.29. The molecule has 1 aromatic rings. The molecule has 2 nitrogen and oxygen atoms in total. The minimum atomic E-state index is -0.142. The van der Waals surface area contributed by atoms with Gasteiger partial charge in [0, 0.05) is 11.6 Å². The van der Waals surface area contributed by atoms with Crippen LogP contribution in [-0.2, 0) is 0 Å². The summed E-state index contributed by atoms with van der Waals surface area (Å²) in [6.07, 6.45) is 0. The van der Waals surface area contributed by atoms with Gasteiger partial charge in [-0.1, -0.05) is 0 Å². The van der Waals surface area contributed by atoms with E-state index in [1.165, 1.54) is 0 Å². The van der Waals surface area contributed by atoms with E-state index in [0.29, 0.717) is 4.47 Å². The molecule has 0 heterocycles. The zero-order valence-electron chi connectivity index (χ0n) is 8.06. The Morgan fingerprint density at radius 1 is 1.46 bits per heavy atom. The quantitative estimate of drug-likeness (QED) is 0.797. The average Bonchev–Trinajstić information content (AvgIpc) is 2.01. The molecule has 1 rings (SSSR count). The van der Waals surface area contributed by atoms with Crippen LogP contribution in [-0.4, -0.2) is 5.11 Å². The lowest BCUT2D eigenvalue weighted by atomic mass is 9.98. The minimum absolute atomic E-state index is 0.142. The topological polar surface area (TPSA) is 46.2 Å². The van der Waals surface area contributed by atoms with Crippen molar-refractivity contribution in [3.63, 3.8) is 0 Å². The number of phenolic OH excluding ortho intramolecular Hbond substituents is 1. The number of nitrogens with two attached hydrogens (primary N) is 1. The van der Waals surface area contributed by atoms with E-state index in [1.54, 1.807) is 0 Å². The summed E-state index contributed by atoms with van der Waals surface area (Å²) in [4.78, 5) is 0. The molecule has 0 aliphatic heterocycles. The van der Waals surface area contributed by atoms with Gasteiger partial charge in [0.25, 0.3) is 0 Å². The van der Waals surface area contributed by atoms with Gasteiger partial charge in [-0.05, 0) is 53.9 Å². The van der Waals surface area contributed by atoms with E-state index in [-0.39, 0.29) is 11.8 Å². The molecule has 3 heteroatoms. The number of aryl methyl sites for hydroxylation is 1. The summed E-state index contributed by atoms with van der Waals surface area (Å²) in [5, 5.41) is 9.75. The Labute approximate surface area is 86.9 Å². The summed E-state index contributed by atoms with van der Waals surface area (Å²) in [5.74, 6) is 0.262. The largest absolute Gasteiger partial charge is 0.506 e. The molecule has 1 atom stereocenters. The highest BCUT2D eigenvalue weighted by Crippen LogP contribution is 2.35. The standard InChI is InChI=1S/C10H14BrNO/c1-5-4-8(11)10(13)9(6(5)2)7(3)12/h4,7,13H,12H2,1-3H3. The first kappa shape index (κ1) is 10.5. The zero-order chi connectivity index (χ0) is 10.2. The molecule has 0 amide bonds. The SMILES string of the molecule is Cc1cc(Br)c(O)c(C(C)N)c1C. The lowest BCUT2D eigenvalue weighted by Gasteiger charge is -2.15. The van der Waals surface area contributed by atoms with Crippen LogP contribution in [0.25, 0.3) is 0 Å². The normalized spacial score (nSPS) is 13.0. The van der Waals surface area contributed by atoms with Crippen molar-refractivity contribution in [3.05, 3.63) is 27.2 Å². The molecular formula is C10H14BrNO. The van der Waals surface area contributed by atoms with Gasteiger partial charge in [-0.2, -0.15) is 0 Å². The van der Waals surface area contributed by atoms with Crippen molar-refractivity contribution in [3.8, 4) is 5.75 Å². The van der Waals surface area contributed by atoms with Gasteiger partial charge in [-0.15, -0.1) is 0 Å². The third kappa shape index (κ3) is 1.86. The molecule has 0 aliphatic rings. The number of aromatic hydroxyl groups is 1. The Balaban J connectivity index is 3.46. The van der Waals surface area contributed by atoms with Gasteiger partial charge in [0.1, 0.15) is 5.75 Å². The summed E-state index contributed by atoms with van der Waals surface area (Å²) in [7, 11) is 0. The van der Waals surface area contributed by atoms with Crippen LogP contribution in [0.2, 0.25) is 0 Å². The third-order valence-corrected chi connectivity index (χ3v) is 2.88. The highest BCUT2D eigenvalue weighted by molar-refractivity contribution is 9.10. The van der Waals surface area contributed by atoms with Gasteiger partial charge in [0.2, 0.25) is 0 Å². The number of rotatable bonds is 1. The number of hydrogen-bond donors (Lipinski definition) is 2. The Hall–Kier alpha value is -0.540. The second-order valence-corrected chi connectivity index (χ2v) is 4.21. The van der Waals surface area contributed by atoms with Crippen LogP contribution >= 0.6 is 15.9 Å². The van der Waals surface area contributed by atoms with Crippen molar-refractivity contribution < 1.29 is 5.11 Å². The van der Waals surface area contributed by atoms with E-state index in [0.717, 1.165) is 16.7 Å². The molecular weight excluding hydrogens is 230 g/mol. The summed E-state index contributed by atoms with van der Waals surface area (Å²) in [5.41, 5.74) is 8.80. The van der Waals surface area contributed by atoms with Crippen molar-refractivity contribution in [2.45, 2.75) is 26.8 Å². The van der Waals surface area contributed by atoms with E-state index in [4.69, 9.17) is 5.73 Å². The Morgan fingerprint density at radius 3 is 2.46 bits per heavy atom. The third-order valence-electron chi connectivity index (χ3n) is 2.28. The first-order valence-corrected chi connectivity index (χ1v) is 4.98. The fraction of sp³-hybridized carbons (Fsp3) is 0.400. The molecule has 3 N–H and O–H groups in total. The van der Waals surface area contributed by atoms with Gasteiger partial charge in [-0.25, -0.2) is 0 Å². The van der Waals surface area contributed by atoms with Crippen LogP contribution in [0.4, 0.5) is 0 Å². The van der Waals surface area contributed by atoms with Crippen LogP contribution in [0, 0.1) is 13.8 Å². The summed E-state index contributed by atoms with van der Waals surface area (Å²) in [6, 6.07) is 1.76. The monoisotopic (exact) mass is 243 g/mol.